The minimum Gasteiger partial charge on any atom is -0.278 e. The molecule has 0 unspecified atom stereocenters. The first kappa shape index (κ1) is 24.4. The number of hydrogen-bond acceptors (Lipinski definition) is 2. The number of para-hydroxylation sites is 1. The van der Waals surface area contributed by atoms with Crippen LogP contribution in [0.3, 0.4) is 0 Å². The van der Waals surface area contributed by atoms with Gasteiger partial charge in [-0.1, -0.05) is 127 Å². The normalized spacial score (nSPS) is 12.0. The van der Waals surface area contributed by atoms with Crippen LogP contribution in [0.4, 0.5) is 0 Å². The average molecular weight is 572 g/mol. The second-order valence-electron chi connectivity index (χ2n) is 11.8. The molecule has 0 aliphatic heterocycles. The lowest BCUT2D eigenvalue weighted by molar-refractivity contribution is 1.01. The van der Waals surface area contributed by atoms with E-state index in [4.69, 9.17) is 9.97 Å². The van der Waals surface area contributed by atoms with Crippen LogP contribution in [0.15, 0.2) is 152 Å². The summed E-state index contributed by atoms with van der Waals surface area (Å²) in [7, 11) is 0. The van der Waals surface area contributed by atoms with E-state index in [0.29, 0.717) is 5.95 Å². The first-order valence-electron chi connectivity index (χ1n) is 15.4. The van der Waals surface area contributed by atoms with Gasteiger partial charge >= 0.3 is 0 Å². The molecule has 0 fully saturated rings. The summed E-state index contributed by atoms with van der Waals surface area (Å²) in [4.78, 5) is 10.6. The molecule has 2 aromatic heterocycles. The summed E-state index contributed by atoms with van der Waals surface area (Å²) in [5.74, 6) is 0.674. The monoisotopic (exact) mass is 571 g/mol. The Bertz CT molecular complexity index is 2630. The van der Waals surface area contributed by atoms with Gasteiger partial charge in [-0.2, -0.15) is 0 Å². The molecule has 0 bridgehead atoms. The molecule has 1 aliphatic carbocycles. The zero-order chi connectivity index (χ0) is 29.5. The zero-order valence-corrected chi connectivity index (χ0v) is 24.3. The Morgan fingerprint density at radius 1 is 0.400 bits per heavy atom. The third-order valence-electron chi connectivity index (χ3n) is 9.32. The summed E-state index contributed by atoms with van der Waals surface area (Å²) in [5.41, 5.74) is 12.5. The van der Waals surface area contributed by atoms with Crippen molar-refractivity contribution in [3.8, 4) is 50.6 Å². The first-order chi connectivity index (χ1) is 22.3. The number of aromatic nitrogens is 3. The molecule has 208 valence electrons. The third kappa shape index (κ3) is 3.46. The smallest absolute Gasteiger partial charge is 0.235 e. The van der Waals surface area contributed by atoms with Gasteiger partial charge in [-0.15, -0.1) is 0 Å². The van der Waals surface area contributed by atoms with Gasteiger partial charge in [0, 0.05) is 21.7 Å². The third-order valence-corrected chi connectivity index (χ3v) is 9.32. The minimum atomic E-state index is 0.674. The fourth-order valence-electron chi connectivity index (χ4n) is 7.40. The second-order valence-corrected chi connectivity index (χ2v) is 11.8. The van der Waals surface area contributed by atoms with Crippen molar-refractivity contribution < 1.29 is 0 Å². The van der Waals surface area contributed by atoms with Crippen LogP contribution >= 0.6 is 0 Å². The Morgan fingerprint density at radius 2 is 1.02 bits per heavy atom. The molecule has 45 heavy (non-hydrogen) atoms. The molecule has 0 saturated heterocycles. The van der Waals surface area contributed by atoms with E-state index in [-0.39, 0.29) is 0 Å². The molecule has 0 N–H and O–H groups in total. The summed E-state index contributed by atoms with van der Waals surface area (Å²) >= 11 is 0. The number of nitrogens with zero attached hydrogens (tertiary/aromatic N) is 3. The van der Waals surface area contributed by atoms with Crippen LogP contribution in [-0.2, 0) is 0 Å². The fraction of sp³-hybridized carbons (Fsp3) is 0. The van der Waals surface area contributed by atoms with E-state index >= 15 is 0 Å². The van der Waals surface area contributed by atoms with Crippen molar-refractivity contribution in [2.24, 2.45) is 0 Å². The predicted octanol–water partition coefficient (Wildman–Crippen LogP) is 10.9. The van der Waals surface area contributed by atoms with E-state index in [1.807, 2.05) is 6.07 Å². The maximum atomic E-state index is 5.35. The maximum absolute atomic E-state index is 5.35. The molecule has 1 aliphatic rings. The highest BCUT2D eigenvalue weighted by Crippen LogP contribution is 2.50. The highest BCUT2D eigenvalue weighted by molar-refractivity contribution is 6.27. The van der Waals surface area contributed by atoms with Crippen LogP contribution in [0.25, 0.3) is 94.1 Å². The topological polar surface area (TPSA) is 30.7 Å². The molecule has 0 spiro atoms. The number of benzene rings is 7. The largest absolute Gasteiger partial charge is 0.278 e. The van der Waals surface area contributed by atoms with Crippen LogP contribution < -0.4 is 0 Å². The molecule has 10 rings (SSSR count). The highest BCUT2D eigenvalue weighted by atomic mass is 15.2. The number of rotatable bonds is 3. The lowest BCUT2D eigenvalue weighted by atomic mass is 9.92. The van der Waals surface area contributed by atoms with E-state index in [9.17, 15) is 0 Å². The molecule has 0 atom stereocenters. The predicted molar refractivity (Wildman–Crippen MR) is 187 cm³/mol. The van der Waals surface area contributed by atoms with Crippen LogP contribution in [0.5, 0.6) is 0 Å². The quantitative estimate of drug-likeness (QED) is 0.211. The van der Waals surface area contributed by atoms with E-state index in [2.05, 4.69) is 150 Å². The van der Waals surface area contributed by atoms with Crippen molar-refractivity contribution in [2.45, 2.75) is 0 Å². The number of fused-ring (bicyclic) bond motifs is 3. The molecule has 3 heteroatoms. The number of hydrogen-bond donors (Lipinski definition) is 0. The van der Waals surface area contributed by atoms with Gasteiger partial charge in [-0.25, -0.2) is 9.97 Å². The summed E-state index contributed by atoms with van der Waals surface area (Å²) in [6.45, 7) is 0. The Labute approximate surface area is 259 Å². The molecule has 2 heterocycles. The van der Waals surface area contributed by atoms with Crippen molar-refractivity contribution in [3.63, 3.8) is 0 Å². The summed E-state index contributed by atoms with van der Waals surface area (Å²) in [6.07, 6.45) is 0. The first-order valence-corrected chi connectivity index (χ1v) is 15.4. The van der Waals surface area contributed by atoms with Crippen LogP contribution in [0.2, 0.25) is 0 Å². The Balaban J connectivity index is 1.41. The summed E-state index contributed by atoms with van der Waals surface area (Å²) in [5, 5.41) is 6.07. The van der Waals surface area contributed by atoms with Crippen molar-refractivity contribution in [3.05, 3.63) is 152 Å². The molecule has 3 nitrogen and oxygen atoms in total. The van der Waals surface area contributed by atoms with Gasteiger partial charge in [0.05, 0.1) is 22.2 Å². The fourth-order valence-corrected chi connectivity index (χ4v) is 7.40. The SMILES string of the molecule is c1ccc(-c2cc3c4c5c(cccc5n(-c5nc(-c6ccccc6)c6ccccc6n5)c4c2)-c2cccc4cccc-3c24)cc1. The van der Waals surface area contributed by atoms with Gasteiger partial charge in [-0.3, -0.25) is 4.57 Å². The van der Waals surface area contributed by atoms with Crippen LogP contribution in [0.1, 0.15) is 0 Å². The molecule has 0 amide bonds. The van der Waals surface area contributed by atoms with Crippen LogP contribution in [-0.4, -0.2) is 14.5 Å². The minimum absolute atomic E-state index is 0.674. The maximum Gasteiger partial charge on any atom is 0.235 e. The molecule has 9 aromatic rings. The average Bonchev–Trinajstić information content (AvgIpc) is 3.39. The van der Waals surface area contributed by atoms with Gasteiger partial charge < -0.3 is 0 Å². The van der Waals surface area contributed by atoms with Crippen molar-refractivity contribution >= 4 is 43.5 Å². The van der Waals surface area contributed by atoms with Gasteiger partial charge in [0.25, 0.3) is 0 Å². The standard InChI is InChI=1S/C42H25N3/c1-3-12-26(13-4-1)29-24-34-32-20-10-17-27-16-9-19-30(38(27)32)31-21-11-23-36-39(31)40(34)37(25-29)45(36)42-43-35-22-8-7-18-33(35)41(44-42)28-14-5-2-6-15-28/h1-25H. The van der Waals surface area contributed by atoms with Gasteiger partial charge in [-0.05, 0) is 68.4 Å². The summed E-state index contributed by atoms with van der Waals surface area (Å²) < 4.78 is 2.29. The van der Waals surface area contributed by atoms with E-state index < -0.39 is 0 Å². The Kier molecular flexibility index (Phi) is 5.00. The van der Waals surface area contributed by atoms with E-state index in [1.165, 1.54) is 54.9 Å². The molecular weight excluding hydrogens is 546 g/mol. The van der Waals surface area contributed by atoms with Crippen LogP contribution in [0, 0.1) is 0 Å². The van der Waals surface area contributed by atoms with Gasteiger partial charge in [0.1, 0.15) is 0 Å². The molecule has 0 saturated carbocycles. The molecule has 7 aromatic carbocycles. The van der Waals surface area contributed by atoms with Crippen molar-refractivity contribution in [2.75, 3.05) is 0 Å². The van der Waals surface area contributed by atoms with Crippen molar-refractivity contribution in [1.82, 2.24) is 14.5 Å². The lowest BCUT2D eigenvalue weighted by Crippen LogP contribution is -2.03. The zero-order valence-electron chi connectivity index (χ0n) is 24.3. The summed E-state index contributed by atoms with van der Waals surface area (Å²) in [6, 6.07) is 54.2. The molecular formula is C42H25N3. The second kappa shape index (κ2) is 9.22. The van der Waals surface area contributed by atoms with Gasteiger partial charge in [0.15, 0.2) is 0 Å². The Morgan fingerprint density at radius 3 is 1.80 bits per heavy atom. The lowest BCUT2D eigenvalue weighted by Gasteiger charge is -2.15. The van der Waals surface area contributed by atoms with Gasteiger partial charge in [0.2, 0.25) is 5.95 Å². The van der Waals surface area contributed by atoms with E-state index in [0.717, 1.165) is 33.2 Å². The highest BCUT2D eigenvalue weighted by Gasteiger charge is 2.26. The Hall–Kier alpha value is -6.06. The van der Waals surface area contributed by atoms with Crippen molar-refractivity contribution in [1.29, 1.82) is 0 Å². The van der Waals surface area contributed by atoms with E-state index in [1.54, 1.807) is 0 Å². The molecule has 0 radical (unpaired) electrons.